The lowest BCUT2D eigenvalue weighted by Crippen LogP contribution is -2.53. The van der Waals surface area contributed by atoms with Crippen LogP contribution >= 0.6 is 0 Å². The van der Waals surface area contributed by atoms with Crippen molar-refractivity contribution in [2.75, 3.05) is 26.3 Å². The molecule has 0 saturated carbocycles. The van der Waals surface area contributed by atoms with E-state index in [4.69, 9.17) is 19.9 Å². The van der Waals surface area contributed by atoms with Crippen molar-refractivity contribution in [3.05, 3.63) is 29.1 Å². The molecule has 2 saturated heterocycles. The number of aryl methyl sites for hydroxylation is 2. The second-order valence-electron chi connectivity index (χ2n) is 7.85. The molecule has 11 heteroatoms. The molecule has 2 fully saturated rings. The van der Waals surface area contributed by atoms with Gasteiger partial charge in [0.2, 0.25) is 10.0 Å². The van der Waals surface area contributed by atoms with Gasteiger partial charge in [0.25, 0.3) is 5.91 Å². The minimum Gasteiger partial charge on any atom is -0.381 e. The van der Waals surface area contributed by atoms with E-state index in [9.17, 15) is 13.2 Å². The standard InChI is InChI=1S/C19H29N3O7S/c1-13-9-15(10-14(2)20-13)11-29-16-3-6-21(7-4-16)30(26,27)18-5-8-28-12-17(18)19(23)22(24)25/h9-10,16-18,24-25H,3-8,11-12H2,1-2H3. The molecule has 2 aliphatic rings. The molecule has 10 nitrogen and oxygen atoms in total. The van der Waals surface area contributed by atoms with E-state index in [-0.39, 0.29) is 25.7 Å². The van der Waals surface area contributed by atoms with Crippen LogP contribution in [0, 0.1) is 19.8 Å². The average Bonchev–Trinajstić information content (AvgIpc) is 2.71. The Morgan fingerprint density at radius 2 is 1.87 bits per heavy atom. The van der Waals surface area contributed by atoms with E-state index >= 15 is 0 Å². The van der Waals surface area contributed by atoms with E-state index in [0.717, 1.165) is 17.0 Å². The fourth-order valence-corrected chi connectivity index (χ4v) is 6.22. The number of carbonyl (C=O) groups excluding carboxylic acids is 1. The molecule has 3 heterocycles. The number of rotatable bonds is 6. The Kier molecular flexibility index (Phi) is 7.43. The smallest absolute Gasteiger partial charge is 0.279 e. The normalized spacial score (nSPS) is 24.0. The van der Waals surface area contributed by atoms with Crippen LogP contribution in [-0.2, 0) is 30.9 Å². The summed E-state index contributed by atoms with van der Waals surface area (Å²) < 4.78 is 38.8. The minimum absolute atomic E-state index is 0.0530. The first kappa shape index (κ1) is 23.0. The highest BCUT2D eigenvalue weighted by Crippen LogP contribution is 2.29. The summed E-state index contributed by atoms with van der Waals surface area (Å²) in [6.45, 7) is 4.94. The summed E-state index contributed by atoms with van der Waals surface area (Å²) in [6, 6.07) is 3.95. The Hall–Kier alpha value is -1.63. The molecule has 30 heavy (non-hydrogen) atoms. The summed E-state index contributed by atoms with van der Waals surface area (Å²) in [5.41, 5.74) is 2.90. The summed E-state index contributed by atoms with van der Waals surface area (Å²) in [7, 11) is -3.79. The third kappa shape index (κ3) is 5.34. The van der Waals surface area contributed by atoms with Gasteiger partial charge in [0.15, 0.2) is 0 Å². The van der Waals surface area contributed by atoms with Gasteiger partial charge >= 0.3 is 0 Å². The average molecular weight is 444 g/mol. The number of hydrogen-bond donors (Lipinski definition) is 2. The summed E-state index contributed by atoms with van der Waals surface area (Å²) in [4.78, 5) is 16.3. The van der Waals surface area contributed by atoms with Crippen LogP contribution < -0.4 is 0 Å². The van der Waals surface area contributed by atoms with E-state index in [0.29, 0.717) is 32.5 Å². The lowest BCUT2D eigenvalue weighted by atomic mass is 10.0. The van der Waals surface area contributed by atoms with E-state index in [1.807, 2.05) is 26.0 Å². The van der Waals surface area contributed by atoms with E-state index in [1.165, 1.54) is 4.31 Å². The van der Waals surface area contributed by atoms with Crippen LogP contribution in [0.5, 0.6) is 0 Å². The number of carbonyl (C=O) groups is 1. The molecule has 2 N–H and O–H groups in total. The second-order valence-corrected chi connectivity index (χ2v) is 10.0. The molecule has 0 radical (unpaired) electrons. The number of nitrogens with zero attached hydrogens (tertiary/aromatic N) is 3. The Morgan fingerprint density at radius 1 is 1.23 bits per heavy atom. The molecule has 0 aromatic carbocycles. The molecule has 2 aliphatic heterocycles. The van der Waals surface area contributed by atoms with Crippen molar-refractivity contribution in [3.8, 4) is 0 Å². The maximum absolute atomic E-state index is 13.1. The molecule has 3 rings (SSSR count). The number of ether oxygens (including phenoxy) is 2. The molecule has 2 unspecified atom stereocenters. The van der Waals surface area contributed by atoms with Crippen LogP contribution in [0.3, 0.4) is 0 Å². The van der Waals surface area contributed by atoms with Gasteiger partial charge in [-0.25, -0.2) is 12.7 Å². The lowest BCUT2D eigenvalue weighted by Gasteiger charge is -2.37. The Morgan fingerprint density at radius 3 is 2.47 bits per heavy atom. The van der Waals surface area contributed by atoms with Crippen molar-refractivity contribution in [3.63, 3.8) is 0 Å². The summed E-state index contributed by atoms with van der Waals surface area (Å²) >= 11 is 0. The first-order valence-electron chi connectivity index (χ1n) is 10.0. The molecule has 168 valence electrons. The highest BCUT2D eigenvalue weighted by atomic mass is 32.2. The fraction of sp³-hybridized carbons (Fsp3) is 0.684. The van der Waals surface area contributed by atoms with Gasteiger partial charge in [0, 0.05) is 31.1 Å². The van der Waals surface area contributed by atoms with Crippen molar-refractivity contribution in [1.82, 2.24) is 14.5 Å². The van der Waals surface area contributed by atoms with Gasteiger partial charge in [-0.15, -0.1) is 0 Å². The van der Waals surface area contributed by atoms with E-state index in [1.54, 1.807) is 0 Å². The quantitative estimate of drug-likeness (QED) is 0.492. The zero-order valence-electron chi connectivity index (χ0n) is 17.2. The predicted octanol–water partition coefficient (Wildman–Crippen LogP) is 1.02. The predicted molar refractivity (Wildman–Crippen MR) is 105 cm³/mol. The van der Waals surface area contributed by atoms with Crippen LogP contribution in [0.4, 0.5) is 0 Å². The largest absolute Gasteiger partial charge is 0.381 e. The van der Waals surface area contributed by atoms with Crippen LogP contribution in [0.25, 0.3) is 0 Å². The van der Waals surface area contributed by atoms with Crippen molar-refractivity contribution in [1.29, 1.82) is 0 Å². The molecule has 1 aromatic rings. The van der Waals surface area contributed by atoms with Gasteiger partial charge in [0.1, 0.15) is 0 Å². The van der Waals surface area contributed by atoms with Gasteiger partial charge in [-0.2, -0.15) is 0 Å². The van der Waals surface area contributed by atoms with Crippen LogP contribution in [0.15, 0.2) is 12.1 Å². The van der Waals surface area contributed by atoms with Gasteiger partial charge in [-0.1, -0.05) is 5.23 Å². The Balaban J connectivity index is 1.58. The topological polar surface area (TPSA) is 130 Å². The maximum atomic E-state index is 13.1. The lowest BCUT2D eigenvalue weighted by molar-refractivity contribution is -0.289. The van der Waals surface area contributed by atoms with Crippen molar-refractivity contribution in [2.24, 2.45) is 5.92 Å². The molecule has 1 amide bonds. The third-order valence-electron chi connectivity index (χ3n) is 5.58. The first-order chi connectivity index (χ1) is 14.2. The zero-order valence-corrected chi connectivity index (χ0v) is 18.0. The fourth-order valence-electron chi connectivity index (χ4n) is 4.12. The number of amides is 1. The van der Waals surface area contributed by atoms with Gasteiger partial charge in [0.05, 0.1) is 30.5 Å². The Bertz CT molecular complexity index is 833. The molecule has 0 bridgehead atoms. The monoisotopic (exact) mass is 443 g/mol. The molecule has 1 aromatic heterocycles. The number of piperidine rings is 1. The van der Waals surface area contributed by atoms with Crippen molar-refractivity contribution >= 4 is 15.9 Å². The van der Waals surface area contributed by atoms with Crippen LogP contribution in [-0.4, -0.2) is 76.9 Å². The van der Waals surface area contributed by atoms with Gasteiger partial charge in [-0.3, -0.25) is 20.2 Å². The van der Waals surface area contributed by atoms with Crippen molar-refractivity contribution in [2.45, 2.75) is 51.1 Å². The van der Waals surface area contributed by atoms with E-state index < -0.39 is 32.3 Å². The molecular formula is C19H29N3O7S. The molecule has 2 atom stereocenters. The highest BCUT2D eigenvalue weighted by Gasteiger charge is 2.45. The van der Waals surface area contributed by atoms with Crippen molar-refractivity contribution < 1.29 is 33.1 Å². The molecular weight excluding hydrogens is 414 g/mol. The maximum Gasteiger partial charge on any atom is 0.279 e. The van der Waals surface area contributed by atoms with Crippen LogP contribution in [0.1, 0.15) is 36.2 Å². The molecule has 0 spiro atoms. The number of hydroxylamine groups is 2. The molecule has 0 aliphatic carbocycles. The first-order valence-corrected chi connectivity index (χ1v) is 11.5. The van der Waals surface area contributed by atoms with Crippen LogP contribution in [0.2, 0.25) is 0 Å². The SMILES string of the molecule is Cc1cc(COC2CCN(S(=O)(=O)C3CCOCC3C(=O)N(O)O)CC2)cc(C)n1. The zero-order chi connectivity index (χ0) is 21.9. The summed E-state index contributed by atoms with van der Waals surface area (Å²) in [5.74, 6) is -2.23. The number of pyridine rings is 1. The van der Waals surface area contributed by atoms with Gasteiger partial charge in [-0.05, 0) is 50.8 Å². The Labute approximate surface area is 176 Å². The number of aromatic nitrogens is 1. The number of sulfonamides is 1. The number of hydrogen-bond acceptors (Lipinski definition) is 8. The van der Waals surface area contributed by atoms with Gasteiger partial charge < -0.3 is 9.47 Å². The second kappa shape index (κ2) is 9.67. The summed E-state index contributed by atoms with van der Waals surface area (Å²) in [5, 5.41) is 16.5. The third-order valence-corrected chi connectivity index (χ3v) is 7.99. The highest BCUT2D eigenvalue weighted by molar-refractivity contribution is 7.89. The summed E-state index contributed by atoms with van der Waals surface area (Å²) in [6.07, 6.45) is 1.18. The van der Waals surface area contributed by atoms with E-state index in [2.05, 4.69) is 4.98 Å². The minimum atomic E-state index is -3.79.